The molecule has 0 unspecified atom stereocenters. The number of methoxy groups -OCH3 is 1. The Balaban J connectivity index is 2.14. The van der Waals surface area contributed by atoms with Crippen molar-refractivity contribution in [2.75, 3.05) is 7.11 Å². The van der Waals surface area contributed by atoms with Gasteiger partial charge in [-0.3, -0.25) is 0 Å². The lowest BCUT2D eigenvalue weighted by Crippen LogP contribution is -2.18. The first kappa shape index (κ1) is 13.8. The van der Waals surface area contributed by atoms with E-state index in [-0.39, 0.29) is 0 Å². The smallest absolute Gasteiger partial charge is 0.427 e. The van der Waals surface area contributed by atoms with Gasteiger partial charge in [-0.25, -0.2) is 10.2 Å². The number of benzene rings is 2. The summed E-state index contributed by atoms with van der Waals surface area (Å²) in [4.78, 5) is 10.9. The molecule has 20 heavy (non-hydrogen) atoms. The largest absolute Gasteiger partial charge is 0.452 e. The first-order valence-electron chi connectivity index (χ1n) is 6.25. The molecule has 4 heteroatoms. The molecule has 0 saturated carbocycles. The molecule has 2 rings (SSSR count). The number of nitrogens with zero attached hydrogens (tertiary/aromatic N) is 1. The van der Waals surface area contributed by atoms with Gasteiger partial charge in [0, 0.05) is 0 Å². The first-order chi connectivity index (χ1) is 9.70. The third kappa shape index (κ3) is 3.45. The molecule has 2 aromatic rings. The van der Waals surface area contributed by atoms with Crippen LogP contribution in [0.1, 0.15) is 12.5 Å². The molecule has 1 amide bonds. The van der Waals surface area contributed by atoms with Crippen molar-refractivity contribution in [3.8, 4) is 11.1 Å². The lowest BCUT2D eigenvalue weighted by atomic mass is 10.0. The molecule has 1 N–H and O–H groups in total. The minimum atomic E-state index is -0.578. The van der Waals surface area contributed by atoms with Gasteiger partial charge in [0.15, 0.2) is 0 Å². The predicted molar refractivity (Wildman–Crippen MR) is 79.6 cm³/mol. The minimum Gasteiger partial charge on any atom is -0.452 e. The molecule has 0 fully saturated rings. The summed E-state index contributed by atoms with van der Waals surface area (Å²) in [6.07, 6.45) is -0.578. The van der Waals surface area contributed by atoms with Gasteiger partial charge in [0.2, 0.25) is 0 Å². The van der Waals surface area contributed by atoms with Crippen LogP contribution in [0.4, 0.5) is 4.79 Å². The van der Waals surface area contributed by atoms with E-state index in [9.17, 15) is 4.79 Å². The van der Waals surface area contributed by atoms with E-state index >= 15 is 0 Å². The van der Waals surface area contributed by atoms with Crippen LogP contribution < -0.4 is 5.43 Å². The topological polar surface area (TPSA) is 50.7 Å². The van der Waals surface area contributed by atoms with E-state index in [1.807, 2.05) is 49.4 Å². The predicted octanol–water partition coefficient (Wildman–Crippen LogP) is 3.43. The van der Waals surface area contributed by atoms with Crippen molar-refractivity contribution in [2.45, 2.75) is 6.92 Å². The molecule has 0 aliphatic carbocycles. The van der Waals surface area contributed by atoms with Crippen molar-refractivity contribution in [3.05, 3.63) is 60.2 Å². The third-order valence-electron chi connectivity index (χ3n) is 2.91. The average molecular weight is 268 g/mol. The number of amides is 1. The van der Waals surface area contributed by atoms with E-state index in [1.165, 1.54) is 12.7 Å². The summed E-state index contributed by atoms with van der Waals surface area (Å²) in [6.45, 7) is 1.83. The normalized spacial score (nSPS) is 11.0. The zero-order valence-electron chi connectivity index (χ0n) is 11.5. The van der Waals surface area contributed by atoms with E-state index in [4.69, 9.17) is 0 Å². The molecule has 0 aliphatic heterocycles. The molecule has 0 heterocycles. The summed E-state index contributed by atoms with van der Waals surface area (Å²) < 4.78 is 4.46. The van der Waals surface area contributed by atoms with Crippen molar-refractivity contribution in [1.82, 2.24) is 5.43 Å². The van der Waals surface area contributed by atoms with Crippen molar-refractivity contribution < 1.29 is 9.53 Å². The van der Waals surface area contributed by atoms with Crippen LogP contribution in [0.3, 0.4) is 0 Å². The number of carbonyl (C=O) groups is 1. The Morgan fingerprint density at radius 1 is 1.00 bits per heavy atom. The highest BCUT2D eigenvalue weighted by Gasteiger charge is 2.01. The lowest BCUT2D eigenvalue weighted by molar-refractivity contribution is 0.171. The maximum atomic E-state index is 10.9. The van der Waals surface area contributed by atoms with E-state index in [1.54, 1.807) is 0 Å². The number of hydrogen-bond donors (Lipinski definition) is 1. The van der Waals surface area contributed by atoms with Gasteiger partial charge in [0.1, 0.15) is 0 Å². The Morgan fingerprint density at radius 2 is 1.60 bits per heavy atom. The molecular formula is C16H16N2O2. The summed E-state index contributed by atoms with van der Waals surface area (Å²) in [5.74, 6) is 0. The number of hydrazone groups is 1. The third-order valence-corrected chi connectivity index (χ3v) is 2.91. The second-order valence-corrected chi connectivity index (χ2v) is 4.24. The van der Waals surface area contributed by atoms with Gasteiger partial charge >= 0.3 is 6.09 Å². The van der Waals surface area contributed by atoms with Crippen LogP contribution in [0, 0.1) is 0 Å². The summed E-state index contributed by atoms with van der Waals surface area (Å²) in [7, 11) is 1.30. The number of ether oxygens (including phenoxy) is 1. The van der Waals surface area contributed by atoms with Crippen molar-refractivity contribution in [3.63, 3.8) is 0 Å². The van der Waals surface area contributed by atoms with E-state index in [2.05, 4.69) is 27.4 Å². The molecule has 0 spiro atoms. The van der Waals surface area contributed by atoms with Crippen molar-refractivity contribution in [1.29, 1.82) is 0 Å². The Kier molecular flexibility index (Phi) is 4.50. The molecule has 0 saturated heterocycles. The molecule has 4 nitrogen and oxygen atoms in total. The zero-order chi connectivity index (χ0) is 14.4. The van der Waals surface area contributed by atoms with Crippen LogP contribution in [0.5, 0.6) is 0 Å². The van der Waals surface area contributed by atoms with Gasteiger partial charge in [-0.2, -0.15) is 5.10 Å². The molecule has 0 atom stereocenters. The number of hydrogen-bond acceptors (Lipinski definition) is 3. The summed E-state index contributed by atoms with van der Waals surface area (Å²) in [5, 5.41) is 3.96. The molecule has 0 aromatic heterocycles. The second kappa shape index (κ2) is 6.52. The van der Waals surface area contributed by atoms with Crippen LogP contribution in [-0.4, -0.2) is 18.9 Å². The highest BCUT2D eigenvalue weighted by Crippen LogP contribution is 2.19. The van der Waals surface area contributed by atoms with Crippen molar-refractivity contribution in [2.24, 2.45) is 5.10 Å². The lowest BCUT2D eigenvalue weighted by Gasteiger charge is -2.05. The fourth-order valence-electron chi connectivity index (χ4n) is 1.77. The van der Waals surface area contributed by atoms with Crippen LogP contribution in [-0.2, 0) is 4.74 Å². The SMILES string of the molecule is COC(=O)N/N=C(/C)c1ccc(-c2ccccc2)cc1. The number of nitrogens with one attached hydrogen (secondary N) is 1. The fraction of sp³-hybridized carbons (Fsp3) is 0.125. The standard InChI is InChI=1S/C16H16N2O2/c1-12(17-18-16(19)20-2)13-8-10-15(11-9-13)14-6-4-3-5-7-14/h3-11H,1-2H3,(H,18,19)/b17-12-. The molecule has 0 bridgehead atoms. The monoisotopic (exact) mass is 268 g/mol. The highest BCUT2D eigenvalue weighted by atomic mass is 16.5. The Labute approximate surface area is 118 Å². The summed E-state index contributed by atoms with van der Waals surface area (Å²) in [6, 6.07) is 18.1. The summed E-state index contributed by atoms with van der Waals surface area (Å²) >= 11 is 0. The van der Waals surface area contributed by atoms with E-state index in [0.717, 1.165) is 16.8 Å². The van der Waals surface area contributed by atoms with Crippen molar-refractivity contribution >= 4 is 11.8 Å². The number of carbonyl (C=O) groups excluding carboxylic acids is 1. The van der Waals surface area contributed by atoms with Gasteiger partial charge in [-0.1, -0.05) is 54.6 Å². The zero-order valence-corrected chi connectivity index (χ0v) is 11.5. The molecule has 0 radical (unpaired) electrons. The maximum Gasteiger partial charge on any atom is 0.427 e. The molecule has 2 aromatic carbocycles. The van der Waals surface area contributed by atoms with Crippen LogP contribution >= 0.6 is 0 Å². The van der Waals surface area contributed by atoms with Gasteiger partial charge in [-0.15, -0.1) is 0 Å². The average Bonchev–Trinajstić information content (AvgIpc) is 2.53. The van der Waals surface area contributed by atoms with Crippen LogP contribution in [0.2, 0.25) is 0 Å². The Bertz CT molecular complexity index is 604. The molecule has 0 aliphatic rings. The minimum absolute atomic E-state index is 0.578. The van der Waals surface area contributed by atoms with E-state index < -0.39 is 6.09 Å². The van der Waals surface area contributed by atoms with Gasteiger partial charge < -0.3 is 4.74 Å². The molecular weight excluding hydrogens is 252 g/mol. The Morgan fingerprint density at radius 3 is 2.20 bits per heavy atom. The maximum absolute atomic E-state index is 10.9. The molecule has 102 valence electrons. The number of rotatable bonds is 3. The van der Waals surface area contributed by atoms with Crippen LogP contribution in [0.25, 0.3) is 11.1 Å². The van der Waals surface area contributed by atoms with Crippen LogP contribution in [0.15, 0.2) is 59.7 Å². The fourth-order valence-corrected chi connectivity index (χ4v) is 1.77. The van der Waals surface area contributed by atoms with Gasteiger partial charge in [0.05, 0.1) is 12.8 Å². The summed E-state index contributed by atoms with van der Waals surface area (Å²) in [5.41, 5.74) is 6.28. The highest BCUT2D eigenvalue weighted by molar-refractivity contribution is 5.99. The van der Waals surface area contributed by atoms with Gasteiger partial charge in [0.25, 0.3) is 0 Å². The Hall–Kier alpha value is -2.62. The van der Waals surface area contributed by atoms with E-state index in [0.29, 0.717) is 0 Å². The first-order valence-corrected chi connectivity index (χ1v) is 6.25. The second-order valence-electron chi connectivity index (χ2n) is 4.24. The quantitative estimate of drug-likeness (QED) is 0.685. The van der Waals surface area contributed by atoms with Gasteiger partial charge in [-0.05, 0) is 23.6 Å².